The highest BCUT2D eigenvalue weighted by molar-refractivity contribution is 7.15. The molecule has 1 amide bonds. The first-order valence-electron chi connectivity index (χ1n) is 8.68. The molecule has 2 heterocycles. The van der Waals surface area contributed by atoms with E-state index >= 15 is 0 Å². The van der Waals surface area contributed by atoms with E-state index in [2.05, 4.69) is 45.1 Å². The number of carbonyl (C=O) groups is 1. The van der Waals surface area contributed by atoms with Gasteiger partial charge in [0.2, 0.25) is 11.0 Å². The zero-order valence-electron chi connectivity index (χ0n) is 13.6. The van der Waals surface area contributed by atoms with Crippen molar-refractivity contribution in [3.63, 3.8) is 0 Å². The van der Waals surface area contributed by atoms with Gasteiger partial charge in [-0.2, -0.15) is 0 Å². The van der Waals surface area contributed by atoms with Gasteiger partial charge in [0, 0.05) is 5.92 Å². The first kappa shape index (κ1) is 15.7. The molecule has 4 rings (SSSR count). The smallest absolute Gasteiger partial charge is 0.230 e. The summed E-state index contributed by atoms with van der Waals surface area (Å²) in [5, 5.41) is 16.1. The minimum atomic E-state index is -0.0266. The number of aromatic nitrogens is 2. The van der Waals surface area contributed by atoms with Crippen LogP contribution in [0.15, 0.2) is 24.3 Å². The molecule has 0 spiro atoms. The maximum atomic E-state index is 12.2. The predicted molar refractivity (Wildman–Crippen MR) is 95.3 cm³/mol. The van der Waals surface area contributed by atoms with Crippen molar-refractivity contribution < 1.29 is 4.79 Å². The summed E-state index contributed by atoms with van der Waals surface area (Å²) in [5.41, 5.74) is 2.39. The van der Waals surface area contributed by atoms with Crippen LogP contribution in [0.4, 0.5) is 5.13 Å². The van der Waals surface area contributed by atoms with Crippen molar-refractivity contribution in [2.75, 3.05) is 18.4 Å². The second kappa shape index (κ2) is 6.99. The standard InChI is InChI=1S/C18H22N4OS/c23-16(20-18-22-21-17(24-18)15-5-6-15)10-13-3-1-12(2-4-13)9-14-7-8-19-11-14/h1-4,14-15,19H,5-11H2,(H,20,22,23). The van der Waals surface area contributed by atoms with Gasteiger partial charge in [-0.05, 0) is 55.8 Å². The first-order chi connectivity index (χ1) is 11.8. The molecule has 1 aromatic heterocycles. The van der Waals surface area contributed by atoms with Crippen LogP contribution in [0, 0.1) is 5.92 Å². The van der Waals surface area contributed by atoms with Crippen molar-refractivity contribution >= 4 is 22.4 Å². The molecule has 5 nitrogen and oxygen atoms in total. The average molecular weight is 342 g/mol. The summed E-state index contributed by atoms with van der Waals surface area (Å²) in [7, 11) is 0. The van der Waals surface area contributed by atoms with Gasteiger partial charge in [0.1, 0.15) is 5.01 Å². The summed E-state index contributed by atoms with van der Waals surface area (Å²) in [6.45, 7) is 2.26. The number of hydrogen-bond acceptors (Lipinski definition) is 5. The normalized spacial score (nSPS) is 20.2. The molecule has 24 heavy (non-hydrogen) atoms. The molecular weight excluding hydrogens is 320 g/mol. The summed E-state index contributed by atoms with van der Waals surface area (Å²) in [6, 6.07) is 8.42. The Hall–Kier alpha value is -1.79. The highest BCUT2D eigenvalue weighted by Crippen LogP contribution is 2.42. The average Bonchev–Trinajstić information content (AvgIpc) is 3.10. The number of rotatable bonds is 6. The summed E-state index contributed by atoms with van der Waals surface area (Å²) in [4.78, 5) is 12.2. The van der Waals surface area contributed by atoms with E-state index in [-0.39, 0.29) is 5.91 Å². The summed E-state index contributed by atoms with van der Waals surface area (Å²) in [6.07, 6.45) is 5.16. The monoisotopic (exact) mass is 342 g/mol. The van der Waals surface area contributed by atoms with Crippen LogP contribution in [-0.2, 0) is 17.6 Å². The van der Waals surface area contributed by atoms with Crippen molar-refractivity contribution in [2.45, 2.75) is 38.0 Å². The van der Waals surface area contributed by atoms with E-state index in [0.29, 0.717) is 17.5 Å². The van der Waals surface area contributed by atoms with Crippen LogP contribution >= 0.6 is 11.3 Å². The van der Waals surface area contributed by atoms with Crippen molar-refractivity contribution in [1.82, 2.24) is 15.5 Å². The number of amides is 1. The van der Waals surface area contributed by atoms with Crippen LogP contribution in [0.2, 0.25) is 0 Å². The molecule has 0 radical (unpaired) electrons. The minimum absolute atomic E-state index is 0.0266. The number of nitrogens with zero attached hydrogens (tertiary/aromatic N) is 2. The number of hydrogen-bond donors (Lipinski definition) is 2. The Labute approximate surface area is 145 Å². The molecule has 1 saturated carbocycles. The van der Waals surface area contributed by atoms with E-state index in [1.807, 2.05) is 0 Å². The lowest BCUT2D eigenvalue weighted by atomic mass is 9.97. The fraction of sp³-hybridized carbons (Fsp3) is 0.500. The van der Waals surface area contributed by atoms with Crippen LogP contribution in [0.1, 0.15) is 41.3 Å². The number of carbonyl (C=O) groups excluding carboxylic acids is 1. The third kappa shape index (κ3) is 3.99. The Morgan fingerprint density at radius 3 is 2.67 bits per heavy atom. The van der Waals surface area contributed by atoms with E-state index in [1.165, 1.54) is 36.2 Å². The quantitative estimate of drug-likeness (QED) is 0.847. The van der Waals surface area contributed by atoms with Gasteiger partial charge < -0.3 is 10.6 Å². The molecule has 1 aromatic carbocycles. The van der Waals surface area contributed by atoms with Gasteiger partial charge in [0.15, 0.2) is 0 Å². The number of benzene rings is 1. The molecule has 2 N–H and O–H groups in total. The molecule has 2 aromatic rings. The van der Waals surface area contributed by atoms with Gasteiger partial charge >= 0.3 is 0 Å². The van der Waals surface area contributed by atoms with Gasteiger partial charge in [-0.25, -0.2) is 0 Å². The molecule has 6 heteroatoms. The molecule has 1 atom stereocenters. The third-order valence-electron chi connectivity index (χ3n) is 4.69. The molecule has 2 fully saturated rings. The van der Waals surface area contributed by atoms with Gasteiger partial charge in [0.05, 0.1) is 6.42 Å². The lowest BCUT2D eigenvalue weighted by Gasteiger charge is -2.09. The van der Waals surface area contributed by atoms with Crippen LogP contribution in [-0.4, -0.2) is 29.2 Å². The van der Waals surface area contributed by atoms with Crippen LogP contribution < -0.4 is 10.6 Å². The van der Waals surface area contributed by atoms with Gasteiger partial charge in [-0.15, -0.1) is 10.2 Å². The summed E-state index contributed by atoms with van der Waals surface area (Å²) in [5.74, 6) is 1.30. The van der Waals surface area contributed by atoms with E-state index in [4.69, 9.17) is 0 Å². The highest BCUT2D eigenvalue weighted by Gasteiger charge is 2.27. The molecule has 1 aliphatic heterocycles. The molecule has 0 bridgehead atoms. The van der Waals surface area contributed by atoms with Crippen molar-refractivity contribution in [3.05, 3.63) is 40.4 Å². The van der Waals surface area contributed by atoms with Crippen molar-refractivity contribution in [3.8, 4) is 0 Å². The second-order valence-corrected chi connectivity index (χ2v) is 7.83. The maximum Gasteiger partial charge on any atom is 0.230 e. The molecule has 1 unspecified atom stereocenters. The van der Waals surface area contributed by atoms with Gasteiger partial charge in [-0.3, -0.25) is 4.79 Å². The zero-order valence-corrected chi connectivity index (χ0v) is 14.4. The van der Waals surface area contributed by atoms with Crippen molar-refractivity contribution in [2.24, 2.45) is 5.92 Å². The largest absolute Gasteiger partial charge is 0.316 e. The summed E-state index contributed by atoms with van der Waals surface area (Å²) >= 11 is 1.50. The fourth-order valence-electron chi connectivity index (χ4n) is 3.14. The highest BCUT2D eigenvalue weighted by atomic mass is 32.1. The molecule has 2 aliphatic rings. The SMILES string of the molecule is O=C(Cc1ccc(CC2CCNC2)cc1)Nc1nnc(C2CC2)s1. The lowest BCUT2D eigenvalue weighted by molar-refractivity contribution is -0.115. The molecule has 1 aliphatic carbocycles. The van der Waals surface area contributed by atoms with E-state index in [9.17, 15) is 4.79 Å². The Morgan fingerprint density at radius 2 is 1.96 bits per heavy atom. The Balaban J connectivity index is 1.29. The Bertz CT molecular complexity index is 702. The predicted octanol–water partition coefficient (Wildman–Crippen LogP) is 2.75. The number of anilines is 1. The van der Waals surface area contributed by atoms with Crippen molar-refractivity contribution in [1.29, 1.82) is 0 Å². The van der Waals surface area contributed by atoms with Crippen LogP contribution in [0.3, 0.4) is 0 Å². The van der Waals surface area contributed by atoms with E-state index in [1.54, 1.807) is 0 Å². The topological polar surface area (TPSA) is 66.9 Å². The summed E-state index contributed by atoms with van der Waals surface area (Å²) < 4.78 is 0. The van der Waals surface area contributed by atoms with Crippen LogP contribution in [0.5, 0.6) is 0 Å². The van der Waals surface area contributed by atoms with Gasteiger partial charge in [0.25, 0.3) is 0 Å². The van der Waals surface area contributed by atoms with E-state index < -0.39 is 0 Å². The maximum absolute atomic E-state index is 12.2. The zero-order chi connectivity index (χ0) is 16.4. The molecular formula is C18H22N4OS. The fourth-order valence-corrected chi connectivity index (χ4v) is 4.07. The first-order valence-corrected chi connectivity index (χ1v) is 9.50. The van der Waals surface area contributed by atoms with Gasteiger partial charge in [-0.1, -0.05) is 35.6 Å². The molecule has 126 valence electrons. The Kier molecular flexibility index (Phi) is 4.58. The minimum Gasteiger partial charge on any atom is -0.316 e. The number of nitrogens with one attached hydrogen (secondary N) is 2. The molecule has 1 saturated heterocycles. The van der Waals surface area contributed by atoms with Crippen LogP contribution in [0.25, 0.3) is 0 Å². The second-order valence-electron chi connectivity index (χ2n) is 6.82. The Morgan fingerprint density at radius 1 is 1.17 bits per heavy atom. The lowest BCUT2D eigenvalue weighted by Crippen LogP contribution is -2.14. The van der Waals surface area contributed by atoms with E-state index in [0.717, 1.165) is 36.0 Å². The third-order valence-corrected chi connectivity index (χ3v) is 5.69.